The number of H-pyrrole nitrogens is 1. The summed E-state index contributed by atoms with van der Waals surface area (Å²) in [5.41, 5.74) is 4.84. The number of unbranched alkanes of at least 4 members (excludes halogenated alkanes) is 1. The molecule has 2 aromatic rings. The molecule has 1 N–H and O–H groups in total. The van der Waals surface area contributed by atoms with Crippen molar-refractivity contribution in [1.82, 2.24) is 14.9 Å². The molecule has 3 heteroatoms. The molecule has 1 unspecified atom stereocenters. The Balaban J connectivity index is 2.25. The molecular formula is C16H25N3. The summed E-state index contributed by atoms with van der Waals surface area (Å²) in [6.45, 7) is 9.84. The fraction of sp³-hybridized carbons (Fsp3) is 0.562. The third-order valence-electron chi connectivity index (χ3n) is 4.04. The molecular weight excluding hydrogens is 234 g/mol. The molecule has 0 amide bonds. The number of aryl methyl sites for hydroxylation is 2. The van der Waals surface area contributed by atoms with Crippen molar-refractivity contribution in [2.24, 2.45) is 0 Å². The number of aromatic amines is 1. The van der Waals surface area contributed by atoms with E-state index in [1.54, 1.807) is 0 Å². The van der Waals surface area contributed by atoms with Gasteiger partial charge in [0.1, 0.15) is 5.82 Å². The lowest BCUT2D eigenvalue weighted by Crippen LogP contribution is -2.24. The maximum absolute atomic E-state index is 4.75. The van der Waals surface area contributed by atoms with Gasteiger partial charge in [0, 0.05) is 0 Å². The van der Waals surface area contributed by atoms with Gasteiger partial charge < -0.3 is 4.98 Å². The molecule has 0 saturated heterocycles. The molecule has 19 heavy (non-hydrogen) atoms. The Bertz CT molecular complexity index is 517. The first-order valence-electron chi connectivity index (χ1n) is 7.20. The van der Waals surface area contributed by atoms with Crippen LogP contribution in [-0.4, -0.2) is 28.5 Å². The first kappa shape index (κ1) is 14.1. The van der Waals surface area contributed by atoms with Gasteiger partial charge in [-0.15, -0.1) is 0 Å². The van der Waals surface area contributed by atoms with Crippen molar-refractivity contribution in [3.63, 3.8) is 0 Å². The summed E-state index contributed by atoms with van der Waals surface area (Å²) >= 11 is 0. The Morgan fingerprint density at radius 2 is 1.95 bits per heavy atom. The maximum Gasteiger partial charge on any atom is 0.124 e. The summed E-state index contributed by atoms with van der Waals surface area (Å²) < 4.78 is 0. The number of rotatable bonds is 5. The van der Waals surface area contributed by atoms with Gasteiger partial charge in [-0.1, -0.05) is 13.3 Å². The molecule has 1 atom stereocenters. The van der Waals surface area contributed by atoms with Crippen molar-refractivity contribution in [2.45, 2.75) is 46.6 Å². The average Bonchev–Trinajstić information content (AvgIpc) is 2.78. The van der Waals surface area contributed by atoms with E-state index in [0.717, 1.165) is 23.4 Å². The molecule has 0 saturated carbocycles. The second-order valence-corrected chi connectivity index (χ2v) is 5.59. The van der Waals surface area contributed by atoms with E-state index < -0.39 is 0 Å². The van der Waals surface area contributed by atoms with E-state index in [1.807, 2.05) is 0 Å². The normalized spacial score (nSPS) is 13.4. The van der Waals surface area contributed by atoms with Crippen LogP contribution in [0.5, 0.6) is 0 Å². The molecule has 1 aromatic carbocycles. The highest BCUT2D eigenvalue weighted by atomic mass is 15.2. The van der Waals surface area contributed by atoms with Crippen molar-refractivity contribution < 1.29 is 0 Å². The number of hydrogen-bond donors (Lipinski definition) is 1. The summed E-state index contributed by atoms with van der Waals surface area (Å²) in [6, 6.07) is 4.70. The highest BCUT2D eigenvalue weighted by Gasteiger charge is 2.15. The van der Waals surface area contributed by atoms with E-state index in [0.29, 0.717) is 6.04 Å². The van der Waals surface area contributed by atoms with Gasteiger partial charge in [-0.05, 0) is 64.0 Å². The monoisotopic (exact) mass is 259 g/mol. The van der Waals surface area contributed by atoms with Crippen LogP contribution in [-0.2, 0) is 0 Å². The minimum atomic E-state index is 0.333. The van der Waals surface area contributed by atoms with E-state index in [4.69, 9.17) is 4.98 Å². The lowest BCUT2D eigenvalue weighted by molar-refractivity contribution is 0.250. The van der Waals surface area contributed by atoms with Crippen molar-refractivity contribution in [3.05, 3.63) is 29.1 Å². The molecule has 0 spiro atoms. The SMILES string of the molecule is CCCCN(C)C(C)c1nc2cc(C)c(C)cc2[nH]1. The Morgan fingerprint density at radius 1 is 1.26 bits per heavy atom. The Morgan fingerprint density at radius 3 is 2.63 bits per heavy atom. The highest BCUT2D eigenvalue weighted by molar-refractivity contribution is 5.77. The molecule has 0 fully saturated rings. The van der Waals surface area contributed by atoms with E-state index in [9.17, 15) is 0 Å². The van der Waals surface area contributed by atoms with Crippen molar-refractivity contribution in [1.29, 1.82) is 0 Å². The Hall–Kier alpha value is -1.35. The van der Waals surface area contributed by atoms with Crippen LogP contribution in [0.1, 0.15) is 49.7 Å². The third kappa shape index (κ3) is 2.98. The first-order valence-corrected chi connectivity index (χ1v) is 7.20. The third-order valence-corrected chi connectivity index (χ3v) is 4.04. The Labute approximate surface area is 116 Å². The van der Waals surface area contributed by atoms with E-state index >= 15 is 0 Å². The van der Waals surface area contributed by atoms with Crippen LogP contribution in [0.25, 0.3) is 11.0 Å². The fourth-order valence-electron chi connectivity index (χ4n) is 2.30. The Kier molecular flexibility index (Phi) is 4.25. The predicted molar refractivity (Wildman–Crippen MR) is 81.5 cm³/mol. The summed E-state index contributed by atoms with van der Waals surface area (Å²) in [5, 5.41) is 0. The topological polar surface area (TPSA) is 31.9 Å². The molecule has 104 valence electrons. The fourth-order valence-corrected chi connectivity index (χ4v) is 2.30. The predicted octanol–water partition coefficient (Wildman–Crippen LogP) is 3.97. The number of imidazole rings is 1. The zero-order valence-corrected chi connectivity index (χ0v) is 12.7. The molecule has 0 aliphatic rings. The van der Waals surface area contributed by atoms with Crippen LogP contribution in [0.3, 0.4) is 0 Å². The summed E-state index contributed by atoms with van der Waals surface area (Å²) in [6.07, 6.45) is 2.47. The summed E-state index contributed by atoms with van der Waals surface area (Å²) in [7, 11) is 2.17. The molecule has 0 radical (unpaired) electrons. The standard InChI is InChI=1S/C16H25N3/c1-6-7-8-19(5)13(4)16-17-14-9-11(2)12(3)10-15(14)18-16/h9-10,13H,6-8H2,1-5H3,(H,17,18). The lowest BCUT2D eigenvalue weighted by Gasteiger charge is -2.22. The van der Waals surface area contributed by atoms with Gasteiger partial charge in [0.25, 0.3) is 0 Å². The van der Waals surface area contributed by atoms with Crippen LogP contribution in [0.2, 0.25) is 0 Å². The molecule has 0 aliphatic heterocycles. The number of benzene rings is 1. The largest absolute Gasteiger partial charge is 0.341 e. The number of nitrogens with zero attached hydrogens (tertiary/aromatic N) is 2. The van der Waals surface area contributed by atoms with Gasteiger partial charge in [-0.25, -0.2) is 4.98 Å². The molecule has 0 aliphatic carbocycles. The summed E-state index contributed by atoms with van der Waals surface area (Å²) in [5.74, 6) is 1.07. The first-order chi connectivity index (χ1) is 9.02. The highest BCUT2D eigenvalue weighted by Crippen LogP contribution is 2.22. The van der Waals surface area contributed by atoms with Crippen molar-refractivity contribution in [2.75, 3.05) is 13.6 Å². The van der Waals surface area contributed by atoms with Gasteiger partial charge >= 0.3 is 0 Å². The van der Waals surface area contributed by atoms with E-state index in [2.05, 4.69) is 56.8 Å². The number of aromatic nitrogens is 2. The van der Waals surface area contributed by atoms with Crippen LogP contribution >= 0.6 is 0 Å². The van der Waals surface area contributed by atoms with Crippen LogP contribution in [0.15, 0.2) is 12.1 Å². The lowest BCUT2D eigenvalue weighted by atomic mass is 10.1. The van der Waals surface area contributed by atoms with E-state index in [1.165, 1.54) is 24.0 Å². The number of nitrogens with one attached hydrogen (secondary N) is 1. The van der Waals surface area contributed by atoms with Crippen molar-refractivity contribution in [3.8, 4) is 0 Å². The summed E-state index contributed by atoms with van der Waals surface area (Å²) in [4.78, 5) is 10.6. The van der Waals surface area contributed by atoms with Gasteiger partial charge in [0.15, 0.2) is 0 Å². The molecule has 2 rings (SSSR count). The molecule has 1 heterocycles. The maximum atomic E-state index is 4.75. The van der Waals surface area contributed by atoms with Gasteiger partial charge in [-0.2, -0.15) is 0 Å². The molecule has 0 bridgehead atoms. The zero-order chi connectivity index (χ0) is 14.0. The smallest absolute Gasteiger partial charge is 0.124 e. The average molecular weight is 259 g/mol. The number of fused-ring (bicyclic) bond motifs is 1. The van der Waals surface area contributed by atoms with Gasteiger partial charge in [-0.3, -0.25) is 4.90 Å². The number of hydrogen-bond acceptors (Lipinski definition) is 2. The van der Waals surface area contributed by atoms with Gasteiger partial charge in [0.05, 0.1) is 17.1 Å². The van der Waals surface area contributed by atoms with Crippen LogP contribution < -0.4 is 0 Å². The molecule has 1 aromatic heterocycles. The second-order valence-electron chi connectivity index (χ2n) is 5.59. The second kappa shape index (κ2) is 5.74. The zero-order valence-electron chi connectivity index (χ0n) is 12.7. The van der Waals surface area contributed by atoms with E-state index in [-0.39, 0.29) is 0 Å². The van der Waals surface area contributed by atoms with Gasteiger partial charge in [0.2, 0.25) is 0 Å². The molecule has 3 nitrogen and oxygen atoms in total. The quantitative estimate of drug-likeness (QED) is 0.881. The minimum absolute atomic E-state index is 0.333. The van der Waals surface area contributed by atoms with Crippen molar-refractivity contribution >= 4 is 11.0 Å². The van der Waals surface area contributed by atoms with Crippen LogP contribution in [0.4, 0.5) is 0 Å². The minimum Gasteiger partial charge on any atom is -0.341 e. The van der Waals surface area contributed by atoms with Crippen LogP contribution in [0, 0.1) is 13.8 Å².